The lowest BCUT2D eigenvalue weighted by molar-refractivity contribution is 0.484. The van der Waals surface area contributed by atoms with Gasteiger partial charge in [-0.15, -0.1) is 0 Å². The van der Waals surface area contributed by atoms with Crippen molar-refractivity contribution in [3.05, 3.63) is 28.8 Å². The molecule has 0 aliphatic heterocycles. The Morgan fingerprint density at radius 2 is 2.13 bits per heavy atom. The van der Waals surface area contributed by atoms with E-state index in [9.17, 15) is 8.42 Å². The Kier molecular flexibility index (Phi) is 3.96. The van der Waals surface area contributed by atoms with Gasteiger partial charge in [0.05, 0.1) is 16.5 Å². The van der Waals surface area contributed by atoms with Crippen LogP contribution < -0.4 is 5.32 Å². The van der Waals surface area contributed by atoms with Crippen molar-refractivity contribution in [1.82, 2.24) is 0 Å². The van der Waals surface area contributed by atoms with E-state index in [0.717, 1.165) is 5.56 Å². The summed E-state index contributed by atoms with van der Waals surface area (Å²) in [7, 11) is -3.93. The highest BCUT2D eigenvalue weighted by atomic mass is 35.5. The standard InChI is InChI=1S/C9H12ClNO3S/c1-7-3-2-4-8(10)9(7)11-5-6-15(12,13)14/h2-4,11H,5-6H2,1H3,(H,12,13,14). The third kappa shape index (κ3) is 4.07. The summed E-state index contributed by atoms with van der Waals surface area (Å²) in [5.41, 5.74) is 1.63. The summed E-state index contributed by atoms with van der Waals surface area (Å²) >= 11 is 5.91. The fourth-order valence-electron chi connectivity index (χ4n) is 1.16. The maximum Gasteiger partial charge on any atom is 0.266 e. The molecule has 0 atom stereocenters. The minimum atomic E-state index is -3.93. The van der Waals surface area contributed by atoms with Crippen LogP contribution >= 0.6 is 11.6 Å². The van der Waals surface area contributed by atoms with E-state index in [1.165, 1.54) is 0 Å². The van der Waals surface area contributed by atoms with Crippen LogP contribution in [-0.4, -0.2) is 25.3 Å². The van der Waals surface area contributed by atoms with Crippen molar-refractivity contribution in [2.45, 2.75) is 6.92 Å². The number of benzene rings is 1. The molecule has 4 nitrogen and oxygen atoms in total. The molecule has 1 aromatic rings. The molecule has 0 saturated heterocycles. The molecule has 0 saturated carbocycles. The first-order valence-corrected chi connectivity index (χ1v) is 6.33. The Morgan fingerprint density at radius 3 is 2.67 bits per heavy atom. The van der Waals surface area contributed by atoms with Crippen LogP contribution in [0.15, 0.2) is 18.2 Å². The molecule has 0 unspecified atom stereocenters. The van der Waals surface area contributed by atoms with Crippen molar-refractivity contribution >= 4 is 27.4 Å². The molecule has 0 bridgehead atoms. The van der Waals surface area contributed by atoms with Crippen LogP contribution in [0.4, 0.5) is 5.69 Å². The summed E-state index contributed by atoms with van der Waals surface area (Å²) < 4.78 is 29.5. The topological polar surface area (TPSA) is 66.4 Å². The van der Waals surface area contributed by atoms with Gasteiger partial charge in [0, 0.05) is 6.54 Å². The summed E-state index contributed by atoms with van der Waals surface area (Å²) in [4.78, 5) is 0. The molecule has 0 aromatic heterocycles. The molecule has 0 amide bonds. The third-order valence-electron chi connectivity index (χ3n) is 1.88. The number of hydrogen-bond acceptors (Lipinski definition) is 3. The van der Waals surface area contributed by atoms with Crippen molar-refractivity contribution in [2.75, 3.05) is 17.6 Å². The van der Waals surface area contributed by atoms with Gasteiger partial charge in [0.2, 0.25) is 0 Å². The van der Waals surface area contributed by atoms with Crippen LogP contribution in [0.2, 0.25) is 5.02 Å². The van der Waals surface area contributed by atoms with Gasteiger partial charge in [-0.2, -0.15) is 8.42 Å². The fraction of sp³-hybridized carbons (Fsp3) is 0.333. The van der Waals surface area contributed by atoms with Crippen molar-refractivity contribution < 1.29 is 13.0 Å². The van der Waals surface area contributed by atoms with E-state index in [4.69, 9.17) is 16.2 Å². The van der Waals surface area contributed by atoms with Gasteiger partial charge in [-0.3, -0.25) is 4.55 Å². The molecule has 1 rings (SSSR count). The summed E-state index contributed by atoms with van der Waals surface area (Å²) in [6, 6.07) is 5.39. The van der Waals surface area contributed by atoms with Gasteiger partial charge in [-0.1, -0.05) is 23.7 Å². The van der Waals surface area contributed by atoms with Gasteiger partial charge in [-0.05, 0) is 18.6 Å². The van der Waals surface area contributed by atoms with Crippen molar-refractivity contribution in [1.29, 1.82) is 0 Å². The SMILES string of the molecule is Cc1cccc(Cl)c1NCCS(=O)(=O)O. The second-order valence-electron chi connectivity index (χ2n) is 3.14. The zero-order valence-corrected chi connectivity index (χ0v) is 9.77. The second-order valence-corrected chi connectivity index (χ2v) is 5.12. The van der Waals surface area contributed by atoms with E-state index < -0.39 is 10.1 Å². The molecular formula is C9H12ClNO3S. The highest BCUT2D eigenvalue weighted by molar-refractivity contribution is 7.85. The number of aryl methyl sites for hydroxylation is 1. The molecule has 0 aliphatic carbocycles. The average molecular weight is 250 g/mol. The summed E-state index contributed by atoms with van der Waals surface area (Å²) in [6.45, 7) is 1.99. The predicted octanol–water partition coefficient (Wildman–Crippen LogP) is 1.95. The number of hydrogen-bond donors (Lipinski definition) is 2. The molecule has 6 heteroatoms. The smallest absolute Gasteiger partial charge is 0.266 e. The fourth-order valence-corrected chi connectivity index (χ4v) is 1.81. The zero-order chi connectivity index (χ0) is 11.5. The highest BCUT2D eigenvalue weighted by Crippen LogP contribution is 2.24. The van der Waals surface area contributed by atoms with Gasteiger partial charge < -0.3 is 5.32 Å². The minimum absolute atomic E-state index is 0.128. The number of halogens is 1. The van der Waals surface area contributed by atoms with Gasteiger partial charge in [0.25, 0.3) is 10.1 Å². The van der Waals surface area contributed by atoms with E-state index in [-0.39, 0.29) is 12.3 Å². The quantitative estimate of drug-likeness (QED) is 0.801. The molecule has 0 heterocycles. The third-order valence-corrected chi connectivity index (χ3v) is 2.92. The van der Waals surface area contributed by atoms with E-state index in [2.05, 4.69) is 5.32 Å². The van der Waals surface area contributed by atoms with Crippen LogP contribution in [0.25, 0.3) is 0 Å². The molecule has 2 N–H and O–H groups in total. The van der Waals surface area contributed by atoms with Gasteiger partial charge in [0.15, 0.2) is 0 Å². The molecule has 0 fully saturated rings. The normalized spacial score (nSPS) is 11.4. The average Bonchev–Trinajstić information content (AvgIpc) is 2.08. The van der Waals surface area contributed by atoms with Crippen molar-refractivity contribution in [3.8, 4) is 0 Å². The predicted molar refractivity (Wildman–Crippen MR) is 61.1 cm³/mol. The molecule has 0 radical (unpaired) electrons. The summed E-state index contributed by atoms with van der Waals surface area (Å²) in [5, 5.41) is 3.40. The van der Waals surface area contributed by atoms with Crippen LogP contribution in [0.1, 0.15) is 5.56 Å². The van der Waals surface area contributed by atoms with Crippen molar-refractivity contribution in [2.24, 2.45) is 0 Å². The van der Waals surface area contributed by atoms with E-state index in [1.807, 2.05) is 19.1 Å². The monoisotopic (exact) mass is 249 g/mol. The largest absolute Gasteiger partial charge is 0.383 e. The molecule has 0 spiro atoms. The minimum Gasteiger partial charge on any atom is -0.383 e. The molecule has 84 valence electrons. The molecule has 1 aromatic carbocycles. The second kappa shape index (κ2) is 4.83. The number of rotatable bonds is 4. The van der Waals surface area contributed by atoms with Crippen molar-refractivity contribution in [3.63, 3.8) is 0 Å². The van der Waals surface area contributed by atoms with E-state index >= 15 is 0 Å². The summed E-state index contributed by atoms with van der Waals surface area (Å²) in [5.74, 6) is -0.336. The molecular weight excluding hydrogens is 238 g/mol. The molecule has 0 aliphatic rings. The van der Waals surface area contributed by atoms with Crippen LogP contribution in [0.3, 0.4) is 0 Å². The lowest BCUT2D eigenvalue weighted by Crippen LogP contribution is -2.15. The van der Waals surface area contributed by atoms with Gasteiger partial charge in [-0.25, -0.2) is 0 Å². The Labute approximate surface area is 94.0 Å². The first-order chi connectivity index (χ1) is 6.90. The number of para-hydroxylation sites is 1. The lowest BCUT2D eigenvalue weighted by atomic mass is 10.2. The maximum atomic E-state index is 10.5. The number of nitrogens with one attached hydrogen (secondary N) is 1. The van der Waals surface area contributed by atoms with Crippen LogP contribution in [-0.2, 0) is 10.1 Å². The van der Waals surface area contributed by atoms with Gasteiger partial charge in [0.1, 0.15) is 0 Å². The number of anilines is 1. The lowest BCUT2D eigenvalue weighted by Gasteiger charge is -2.10. The molecule has 15 heavy (non-hydrogen) atoms. The highest BCUT2D eigenvalue weighted by Gasteiger charge is 2.06. The Balaban J connectivity index is 2.66. The first-order valence-electron chi connectivity index (χ1n) is 4.34. The van der Waals surface area contributed by atoms with Crippen LogP contribution in [0.5, 0.6) is 0 Å². The Bertz CT molecular complexity index is 424. The van der Waals surface area contributed by atoms with E-state index in [0.29, 0.717) is 10.7 Å². The first kappa shape index (κ1) is 12.3. The maximum absolute atomic E-state index is 10.5. The Morgan fingerprint density at radius 1 is 1.47 bits per heavy atom. The van der Waals surface area contributed by atoms with Gasteiger partial charge >= 0.3 is 0 Å². The summed E-state index contributed by atoms with van der Waals surface area (Å²) in [6.07, 6.45) is 0. The Hall–Kier alpha value is -0.780. The van der Waals surface area contributed by atoms with E-state index in [1.54, 1.807) is 6.07 Å². The van der Waals surface area contributed by atoms with Crippen LogP contribution in [0, 0.1) is 6.92 Å². The zero-order valence-electron chi connectivity index (χ0n) is 8.20.